The molecular weight excluding hydrogens is 307 g/mol. The van der Waals surface area contributed by atoms with Crippen LogP contribution >= 0.6 is 7.82 Å². The lowest BCUT2D eigenvalue weighted by Crippen LogP contribution is -2.05. The second kappa shape index (κ2) is 12.8. The molecule has 0 saturated carbocycles. The summed E-state index contributed by atoms with van der Waals surface area (Å²) in [4.78, 5) is 20.1. The lowest BCUT2D eigenvalue weighted by atomic mass is 10.1. The summed E-state index contributed by atoms with van der Waals surface area (Å²) in [5.41, 5.74) is 0.437. The molecule has 0 aromatic heterocycles. The minimum Gasteiger partial charge on any atom is -0.462 e. The van der Waals surface area contributed by atoms with Gasteiger partial charge < -0.3 is 9.63 Å². The molecule has 1 N–H and O–H groups in total. The molecule has 0 aromatic carbocycles. The monoisotopic (exact) mass is 336 g/mol. The zero-order valence-corrected chi connectivity index (χ0v) is 14.6. The van der Waals surface area contributed by atoms with Gasteiger partial charge in [0.1, 0.15) is 0 Å². The van der Waals surface area contributed by atoms with Crippen molar-refractivity contribution < 1.29 is 28.0 Å². The fourth-order valence-corrected chi connectivity index (χ4v) is 2.25. The van der Waals surface area contributed by atoms with Crippen molar-refractivity contribution >= 4 is 13.8 Å². The molecule has 0 saturated heterocycles. The summed E-state index contributed by atoms with van der Waals surface area (Å²) in [5.74, 6) is -0.317. The number of hydrogen-bond donors (Lipinski definition) is 1. The smallest absolute Gasteiger partial charge is 0.462 e. The van der Waals surface area contributed by atoms with Gasteiger partial charge in [-0.3, -0.25) is 9.05 Å². The largest absolute Gasteiger partial charge is 0.471 e. The number of phosphoric acid groups is 1. The predicted molar refractivity (Wildman–Crippen MR) is 85.5 cm³/mol. The number of unbranched alkanes of at least 4 members (excludes halogenated alkanes) is 7. The van der Waals surface area contributed by atoms with Gasteiger partial charge in [0.25, 0.3) is 0 Å². The normalized spacial score (nSPS) is 13.6. The summed E-state index contributed by atoms with van der Waals surface area (Å²) in [6, 6.07) is 0. The van der Waals surface area contributed by atoms with Gasteiger partial charge in [-0.1, -0.05) is 45.1 Å². The number of rotatable bonds is 14. The van der Waals surface area contributed by atoms with E-state index >= 15 is 0 Å². The first-order chi connectivity index (χ1) is 10.4. The topological polar surface area (TPSA) is 82.1 Å². The van der Waals surface area contributed by atoms with Crippen LogP contribution in [0.3, 0.4) is 0 Å². The number of hydrogen-bond acceptors (Lipinski definition) is 5. The van der Waals surface area contributed by atoms with Gasteiger partial charge in [-0.2, -0.15) is 0 Å². The van der Waals surface area contributed by atoms with Gasteiger partial charge in [0, 0.05) is 12.7 Å². The van der Waals surface area contributed by atoms with Crippen LogP contribution in [-0.4, -0.2) is 31.2 Å². The first-order valence-electron chi connectivity index (χ1n) is 7.75. The first-order valence-corrected chi connectivity index (χ1v) is 9.24. The molecule has 0 spiro atoms. The van der Waals surface area contributed by atoms with E-state index in [1.807, 2.05) is 0 Å². The molecule has 7 heteroatoms. The molecule has 0 aromatic rings. The predicted octanol–water partition coefficient (Wildman–Crippen LogP) is 3.99. The molecule has 0 rings (SSSR count). The number of esters is 1. The van der Waals surface area contributed by atoms with Crippen LogP contribution in [0.4, 0.5) is 0 Å². The highest BCUT2D eigenvalue weighted by Crippen LogP contribution is 2.41. The highest BCUT2D eigenvalue weighted by molar-refractivity contribution is 7.47. The van der Waals surface area contributed by atoms with Crippen LogP contribution in [-0.2, 0) is 23.1 Å². The van der Waals surface area contributed by atoms with E-state index in [2.05, 4.69) is 11.1 Å². The van der Waals surface area contributed by atoms with Gasteiger partial charge in [-0.25, -0.2) is 9.36 Å². The van der Waals surface area contributed by atoms with Crippen molar-refractivity contribution in [3.63, 3.8) is 0 Å². The molecule has 1 atom stereocenters. The quantitative estimate of drug-likeness (QED) is 0.223. The highest BCUT2D eigenvalue weighted by atomic mass is 31.2. The maximum absolute atomic E-state index is 11.1. The summed E-state index contributed by atoms with van der Waals surface area (Å²) < 4.78 is 25.0. The van der Waals surface area contributed by atoms with E-state index in [9.17, 15) is 9.36 Å². The van der Waals surface area contributed by atoms with E-state index in [1.54, 1.807) is 6.92 Å². The van der Waals surface area contributed by atoms with E-state index < -0.39 is 7.82 Å². The Morgan fingerprint density at radius 1 is 1.00 bits per heavy atom. The molecule has 0 aliphatic rings. The molecule has 0 bridgehead atoms. The average Bonchev–Trinajstić information content (AvgIpc) is 2.47. The van der Waals surface area contributed by atoms with Crippen molar-refractivity contribution in [3.8, 4) is 0 Å². The number of phosphoric ester groups is 1. The van der Waals surface area contributed by atoms with E-state index in [1.165, 1.54) is 0 Å². The number of carbonyl (C=O) groups is 1. The molecule has 1 unspecified atom stereocenters. The summed E-state index contributed by atoms with van der Waals surface area (Å²) in [5, 5.41) is 0. The molecule has 6 nitrogen and oxygen atoms in total. The molecule has 130 valence electrons. The molecule has 0 fully saturated rings. The van der Waals surface area contributed by atoms with Gasteiger partial charge in [0.15, 0.2) is 0 Å². The Morgan fingerprint density at radius 2 is 1.45 bits per heavy atom. The Kier molecular flexibility index (Phi) is 12.4. The summed E-state index contributed by atoms with van der Waals surface area (Å²) in [6.45, 7) is 5.87. The van der Waals surface area contributed by atoms with Gasteiger partial charge in [0.2, 0.25) is 0 Å². The van der Waals surface area contributed by atoms with Crippen LogP contribution in [0.1, 0.15) is 58.3 Å². The van der Waals surface area contributed by atoms with Crippen LogP contribution in [0.5, 0.6) is 0 Å². The van der Waals surface area contributed by atoms with Gasteiger partial charge in [-0.05, 0) is 19.8 Å². The van der Waals surface area contributed by atoms with Crippen LogP contribution < -0.4 is 0 Å². The number of carbonyl (C=O) groups excluding carboxylic acids is 1. The Balaban J connectivity index is 3.23. The maximum Gasteiger partial charge on any atom is 0.471 e. The van der Waals surface area contributed by atoms with Crippen LogP contribution in [0, 0.1) is 0 Å². The van der Waals surface area contributed by atoms with Gasteiger partial charge in [0.05, 0.1) is 13.2 Å². The Labute approximate surface area is 133 Å². The van der Waals surface area contributed by atoms with Gasteiger partial charge >= 0.3 is 13.8 Å². The number of ether oxygens (including phenoxy) is 1. The fraction of sp³-hybridized carbons (Fsp3) is 0.800. The molecule has 0 amide bonds. The van der Waals surface area contributed by atoms with Crippen molar-refractivity contribution in [3.05, 3.63) is 12.2 Å². The molecule has 0 aliphatic heterocycles. The minimum absolute atomic E-state index is 0.246. The zero-order chi connectivity index (χ0) is 16.8. The van der Waals surface area contributed by atoms with Crippen molar-refractivity contribution in [2.45, 2.75) is 58.3 Å². The van der Waals surface area contributed by atoms with Crippen molar-refractivity contribution in [2.24, 2.45) is 0 Å². The van der Waals surface area contributed by atoms with E-state index in [0.717, 1.165) is 58.5 Å². The standard InChI is InChI=1S/C15H29O6P/c1-14(2)15(16)20-12-10-8-6-4-5-7-9-11-13-21-22(17,18)19-3/h1,4-13H2,2-3H3,(H,17,18). The zero-order valence-electron chi connectivity index (χ0n) is 13.7. The van der Waals surface area contributed by atoms with Crippen LogP contribution in [0.2, 0.25) is 0 Å². The molecule has 22 heavy (non-hydrogen) atoms. The molecule has 0 heterocycles. The SMILES string of the molecule is C=C(C)C(=O)OCCCCCCCCCCOP(=O)(O)OC. The van der Waals surface area contributed by atoms with Crippen molar-refractivity contribution in [2.75, 3.05) is 20.3 Å². The van der Waals surface area contributed by atoms with Crippen LogP contribution in [0.15, 0.2) is 12.2 Å². The minimum atomic E-state index is -3.81. The third kappa shape index (κ3) is 13.0. The van der Waals surface area contributed by atoms with Crippen molar-refractivity contribution in [1.82, 2.24) is 0 Å². The second-order valence-corrected chi connectivity index (χ2v) is 6.79. The third-order valence-electron chi connectivity index (χ3n) is 3.11. The summed E-state index contributed by atoms with van der Waals surface area (Å²) >= 11 is 0. The summed E-state index contributed by atoms with van der Waals surface area (Å²) in [7, 11) is -2.65. The Bertz CT molecular complexity index is 369. The third-order valence-corrected chi connectivity index (χ3v) is 4.08. The Hall–Kier alpha value is -0.680. The molecular formula is C15H29O6P. The molecule has 0 aliphatic carbocycles. The van der Waals surface area contributed by atoms with Crippen LogP contribution in [0.25, 0.3) is 0 Å². The average molecular weight is 336 g/mol. The second-order valence-electron chi connectivity index (χ2n) is 5.23. The van der Waals surface area contributed by atoms with Gasteiger partial charge in [-0.15, -0.1) is 0 Å². The summed E-state index contributed by atoms with van der Waals surface area (Å²) in [6.07, 6.45) is 8.14. The van der Waals surface area contributed by atoms with E-state index in [0.29, 0.717) is 12.2 Å². The van der Waals surface area contributed by atoms with Crippen molar-refractivity contribution in [1.29, 1.82) is 0 Å². The first kappa shape index (κ1) is 21.3. The fourth-order valence-electron chi connectivity index (χ4n) is 1.79. The Morgan fingerprint density at radius 3 is 1.91 bits per heavy atom. The maximum atomic E-state index is 11.1. The lowest BCUT2D eigenvalue weighted by molar-refractivity contribution is -0.139. The highest BCUT2D eigenvalue weighted by Gasteiger charge is 2.17. The van der Waals surface area contributed by atoms with E-state index in [4.69, 9.17) is 14.2 Å². The lowest BCUT2D eigenvalue weighted by Gasteiger charge is -2.08. The van der Waals surface area contributed by atoms with E-state index in [-0.39, 0.29) is 12.6 Å². The molecule has 0 radical (unpaired) electrons.